The van der Waals surface area contributed by atoms with Crippen molar-refractivity contribution in [1.29, 1.82) is 0 Å². The molecule has 2 heterocycles. The van der Waals surface area contributed by atoms with E-state index in [-0.39, 0.29) is 5.91 Å². The van der Waals surface area contributed by atoms with E-state index in [9.17, 15) is 9.59 Å². The van der Waals surface area contributed by atoms with Crippen molar-refractivity contribution < 1.29 is 33.4 Å². The SMILES string of the molecule is CCOc1cccc(N2C(=O)[C@@H]3[C@H](ON(c4ccccc4)[C@H]3c3cc(OC)c(OC)cc3OC)C2=O)c1. The molecule has 2 amide bonds. The zero-order valence-electron chi connectivity index (χ0n) is 21.0. The van der Waals surface area contributed by atoms with Gasteiger partial charge in [0.1, 0.15) is 23.5 Å². The molecule has 2 aliphatic rings. The number of hydrogen-bond donors (Lipinski definition) is 0. The number of nitrogens with zero attached hydrogens (tertiary/aromatic N) is 2. The Morgan fingerprint density at radius 2 is 1.46 bits per heavy atom. The summed E-state index contributed by atoms with van der Waals surface area (Å²) in [7, 11) is 4.61. The van der Waals surface area contributed by atoms with Crippen LogP contribution in [0.2, 0.25) is 0 Å². The van der Waals surface area contributed by atoms with E-state index in [0.717, 1.165) is 0 Å². The van der Waals surface area contributed by atoms with Crippen LogP contribution in [0.25, 0.3) is 0 Å². The Morgan fingerprint density at radius 1 is 0.784 bits per heavy atom. The number of fused-ring (bicyclic) bond motifs is 1. The van der Waals surface area contributed by atoms with Gasteiger partial charge in [0.2, 0.25) is 5.91 Å². The molecule has 9 heteroatoms. The van der Waals surface area contributed by atoms with E-state index in [1.54, 1.807) is 41.5 Å². The molecule has 192 valence electrons. The fraction of sp³-hybridized carbons (Fsp3) is 0.286. The molecule has 5 rings (SSSR count). The van der Waals surface area contributed by atoms with Gasteiger partial charge in [-0.15, -0.1) is 0 Å². The highest BCUT2D eigenvalue weighted by molar-refractivity contribution is 6.24. The summed E-state index contributed by atoms with van der Waals surface area (Å²) in [6, 6.07) is 19.0. The second kappa shape index (κ2) is 10.0. The molecule has 2 aliphatic heterocycles. The Morgan fingerprint density at radius 3 is 2.14 bits per heavy atom. The smallest absolute Gasteiger partial charge is 0.266 e. The minimum absolute atomic E-state index is 0.371. The lowest BCUT2D eigenvalue weighted by Gasteiger charge is -2.30. The Balaban J connectivity index is 1.63. The Bertz CT molecular complexity index is 1310. The first-order chi connectivity index (χ1) is 18.0. The Labute approximate surface area is 215 Å². The molecule has 0 bridgehead atoms. The van der Waals surface area contributed by atoms with Crippen molar-refractivity contribution in [2.24, 2.45) is 5.92 Å². The third-order valence-corrected chi connectivity index (χ3v) is 6.57. The second-order valence-electron chi connectivity index (χ2n) is 8.55. The minimum Gasteiger partial charge on any atom is -0.496 e. The van der Waals surface area contributed by atoms with Gasteiger partial charge in [0.05, 0.1) is 39.3 Å². The number of methoxy groups -OCH3 is 3. The van der Waals surface area contributed by atoms with Crippen LogP contribution < -0.4 is 28.9 Å². The quantitative estimate of drug-likeness (QED) is 0.423. The van der Waals surface area contributed by atoms with Gasteiger partial charge >= 0.3 is 0 Å². The predicted molar refractivity (Wildman–Crippen MR) is 136 cm³/mol. The van der Waals surface area contributed by atoms with E-state index >= 15 is 0 Å². The van der Waals surface area contributed by atoms with Gasteiger partial charge in [-0.1, -0.05) is 24.3 Å². The van der Waals surface area contributed by atoms with Crippen LogP contribution in [0.1, 0.15) is 18.5 Å². The van der Waals surface area contributed by atoms with E-state index in [2.05, 4.69) is 0 Å². The molecular formula is C28H28N2O7. The molecule has 2 fully saturated rings. The van der Waals surface area contributed by atoms with Crippen molar-refractivity contribution in [2.45, 2.75) is 19.1 Å². The molecule has 2 saturated heterocycles. The maximum absolute atomic E-state index is 14.0. The number of anilines is 2. The number of ether oxygens (including phenoxy) is 4. The number of benzene rings is 3. The summed E-state index contributed by atoms with van der Waals surface area (Å²) in [5.74, 6) is 0.346. The maximum Gasteiger partial charge on any atom is 0.266 e. The Hall–Kier alpha value is -4.24. The molecule has 0 radical (unpaired) electrons. The van der Waals surface area contributed by atoms with E-state index < -0.39 is 24.0 Å². The number of hydroxylamine groups is 1. The number of carbonyl (C=O) groups is 2. The summed E-state index contributed by atoms with van der Waals surface area (Å²) >= 11 is 0. The summed E-state index contributed by atoms with van der Waals surface area (Å²) in [6.07, 6.45) is -1.02. The van der Waals surface area contributed by atoms with Crippen molar-refractivity contribution in [2.75, 3.05) is 37.9 Å². The zero-order chi connectivity index (χ0) is 26.1. The van der Waals surface area contributed by atoms with Crippen molar-refractivity contribution in [3.05, 3.63) is 72.3 Å². The molecule has 0 aromatic heterocycles. The highest BCUT2D eigenvalue weighted by atomic mass is 16.7. The molecule has 0 saturated carbocycles. The van der Waals surface area contributed by atoms with Crippen molar-refractivity contribution >= 4 is 23.2 Å². The lowest BCUT2D eigenvalue weighted by molar-refractivity contribution is -0.126. The first kappa shape index (κ1) is 24.5. The van der Waals surface area contributed by atoms with Crippen LogP contribution in [-0.4, -0.2) is 45.9 Å². The van der Waals surface area contributed by atoms with Crippen LogP contribution >= 0.6 is 0 Å². The van der Waals surface area contributed by atoms with E-state index in [4.69, 9.17) is 23.8 Å². The van der Waals surface area contributed by atoms with Gasteiger partial charge in [-0.2, -0.15) is 0 Å². The molecule has 0 N–H and O–H groups in total. The fourth-order valence-electron chi connectivity index (χ4n) is 4.95. The average Bonchev–Trinajstić information content (AvgIpc) is 3.44. The van der Waals surface area contributed by atoms with Crippen LogP contribution in [0.3, 0.4) is 0 Å². The lowest BCUT2D eigenvalue weighted by atomic mass is 9.89. The van der Waals surface area contributed by atoms with Gasteiger partial charge in [0.25, 0.3) is 5.91 Å². The highest BCUT2D eigenvalue weighted by Gasteiger charge is 2.61. The molecule has 0 aliphatic carbocycles. The zero-order valence-corrected chi connectivity index (χ0v) is 21.0. The number of carbonyl (C=O) groups excluding carboxylic acids is 2. The topological polar surface area (TPSA) is 86.8 Å². The fourth-order valence-corrected chi connectivity index (χ4v) is 4.95. The number of amides is 2. The van der Waals surface area contributed by atoms with Gasteiger partial charge in [0, 0.05) is 17.7 Å². The number of hydrogen-bond acceptors (Lipinski definition) is 8. The first-order valence-corrected chi connectivity index (χ1v) is 11.9. The van der Waals surface area contributed by atoms with Crippen molar-refractivity contribution in [3.8, 4) is 23.0 Å². The van der Waals surface area contributed by atoms with Crippen LogP contribution in [-0.2, 0) is 14.4 Å². The summed E-state index contributed by atoms with van der Waals surface area (Å²) in [4.78, 5) is 35.0. The molecule has 0 unspecified atom stereocenters. The molecule has 9 nitrogen and oxygen atoms in total. The summed E-state index contributed by atoms with van der Waals surface area (Å²) < 4.78 is 22.3. The normalized spacial score (nSPS) is 20.7. The maximum atomic E-state index is 14.0. The van der Waals surface area contributed by atoms with Crippen molar-refractivity contribution in [1.82, 2.24) is 0 Å². The van der Waals surface area contributed by atoms with Crippen LogP contribution in [0.4, 0.5) is 11.4 Å². The van der Waals surface area contributed by atoms with E-state index in [1.165, 1.54) is 26.2 Å². The van der Waals surface area contributed by atoms with Gasteiger partial charge in [0.15, 0.2) is 17.6 Å². The van der Waals surface area contributed by atoms with Gasteiger partial charge in [-0.3, -0.25) is 14.4 Å². The molecule has 37 heavy (non-hydrogen) atoms. The van der Waals surface area contributed by atoms with Gasteiger partial charge in [-0.25, -0.2) is 9.96 Å². The number of imide groups is 1. The average molecular weight is 505 g/mol. The number of rotatable bonds is 8. The standard InChI is InChI=1S/C28H28N2O7/c1-5-36-19-13-9-12-18(14-19)29-27(31)24-25(20-15-22(34-3)23(35-4)16-21(20)33-2)30(37-26(24)28(29)32)17-10-7-6-8-11-17/h6-16,24-26H,5H2,1-4H3/t24-,25-,26-/m0/s1. The largest absolute Gasteiger partial charge is 0.496 e. The monoisotopic (exact) mass is 504 g/mol. The lowest BCUT2D eigenvalue weighted by Crippen LogP contribution is -2.37. The summed E-state index contributed by atoms with van der Waals surface area (Å²) in [6.45, 7) is 2.34. The van der Waals surface area contributed by atoms with Gasteiger partial charge in [-0.05, 0) is 37.3 Å². The Kier molecular flexibility index (Phi) is 6.62. The van der Waals surface area contributed by atoms with Crippen LogP contribution in [0.15, 0.2) is 66.7 Å². The number of para-hydroxylation sites is 1. The minimum atomic E-state index is -1.02. The molecular weight excluding hydrogens is 476 g/mol. The molecule has 3 aromatic carbocycles. The predicted octanol–water partition coefficient (Wildman–Crippen LogP) is 4.16. The van der Waals surface area contributed by atoms with Crippen LogP contribution in [0.5, 0.6) is 23.0 Å². The third-order valence-electron chi connectivity index (χ3n) is 6.57. The van der Waals surface area contributed by atoms with Gasteiger partial charge < -0.3 is 18.9 Å². The first-order valence-electron chi connectivity index (χ1n) is 11.9. The summed E-state index contributed by atoms with van der Waals surface area (Å²) in [5, 5.41) is 1.61. The molecule has 0 spiro atoms. The van der Waals surface area contributed by atoms with Crippen molar-refractivity contribution in [3.63, 3.8) is 0 Å². The molecule has 3 aromatic rings. The molecule has 3 atom stereocenters. The third kappa shape index (κ3) is 4.11. The van der Waals surface area contributed by atoms with E-state index in [0.29, 0.717) is 46.5 Å². The second-order valence-corrected chi connectivity index (χ2v) is 8.55. The highest BCUT2D eigenvalue weighted by Crippen LogP contribution is 2.51. The summed E-state index contributed by atoms with van der Waals surface area (Å²) in [5.41, 5.74) is 1.76. The van der Waals surface area contributed by atoms with Crippen LogP contribution in [0, 0.1) is 5.92 Å². The van der Waals surface area contributed by atoms with E-state index in [1.807, 2.05) is 37.3 Å².